The zero-order valence-corrected chi connectivity index (χ0v) is 28.3. The van der Waals surface area contributed by atoms with E-state index in [0.29, 0.717) is 51.3 Å². The molecule has 0 aliphatic heterocycles. The van der Waals surface area contributed by atoms with Crippen molar-refractivity contribution in [2.45, 2.75) is 25.7 Å². The second-order valence-electron chi connectivity index (χ2n) is 11.3. The van der Waals surface area contributed by atoms with E-state index in [9.17, 15) is 0 Å². The SMILES string of the molecule is C=C(N)NCCc1cc(C#Cc2cccc(-c3ncc(-c4cc(CCN=C(N)N)cc(CCN=C(N)N)c4)s3)c2)cc(CCN=C(N)N)c1. The second kappa shape index (κ2) is 17.8. The standard InChI is InChI=1S/C36H44N12S/c1-23(37)44-11-7-26-15-25(16-27(17-26)8-12-45-34(38)39)6-5-24-3-2-4-30(19-24)33-48-22-32(49-33)31-20-28(9-13-46-35(40)41)18-29(21-31)10-14-47-36(42)43/h2-4,15-22,44H,1,7-14,37H2,(H4,38,39,45)(H4,40,41,46)(H4,42,43,47). The van der Waals surface area contributed by atoms with Crippen molar-refractivity contribution in [2.24, 2.45) is 55.1 Å². The van der Waals surface area contributed by atoms with Crippen molar-refractivity contribution in [3.05, 3.63) is 113 Å². The van der Waals surface area contributed by atoms with Gasteiger partial charge in [-0.15, -0.1) is 11.3 Å². The highest BCUT2D eigenvalue weighted by molar-refractivity contribution is 7.18. The molecule has 0 aliphatic carbocycles. The monoisotopic (exact) mass is 676 g/mol. The van der Waals surface area contributed by atoms with Crippen LogP contribution in [0.3, 0.4) is 0 Å². The van der Waals surface area contributed by atoms with E-state index in [1.54, 1.807) is 11.3 Å². The lowest BCUT2D eigenvalue weighted by atomic mass is 10.0. The molecule has 4 rings (SSSR count). The number of thiazole rings is 1. The number of nitrogens with zero attached hydrogens (tertiary/aromatic N) is 4. The van der Waals surface area contributed by atoms with Gasteiger partial charge in [0.2, 0.25) is 0 Å². The number of hydrogen-bond acceptors (Lipinski definition) is 7. The zero-order chi connectivity index (χ0) is 35.2. The number of benzene rings is 3. The van der Waals surface area contributed by atoms with Crippen LogP contribution in [0.1, 0.15) is 33.4 Å². The molecule has 0 atom stereocenters. The van der Waals surface area contributed by atoms with Gasteiger partial charge in [0.15, 0.2) is 17.9 Å². The number of aromatic nitrogens is 1. The van der Waals surface area contributed by atoms with Crippen molar-refractivity contribution in [3.8, 4) is 32.9 Å². The minimum absolute atomic E-state index is 0.0729. The molecular formula is C36H44N12S. The smallest absolute Gasteiger partial charge is 0.185 e. The maximum Gasteiger partial charge on any atom is 0.185 e. The Bertz CT molecular complexity index is 1860. The van der Waals surface area contributed by atoms with Gasteiger partial charge in [0.25, 0.3) is 0 Å². The summed E-state index contributed by atoms with van der Waals surface area (Å²) in [4.78, 5) is 18.2. The van der Waals surface area contributed by atoms with Crippen LogP contribution in [0, 0.1) is 11.8 Å². The molecule has 13 heteroatoms. The Morgan fingerprint density at radius 3 is 1.73 bits per heavy atom. The molecule has 0 aliphatic rings. The summed E-state index contributed by atoms with van der Waals surface area (Å²) in [7, 11) is 0. The Kier molecular flexibility index (Phi) is 13.0. The van der Waals surface area contributed by atoms with E-state index in [2.05, 4.69) is 81.2 Å². The minimum Gasteiger partial charge on any atom is -0.386 e. The molecule has 1 heterocycles. The first-order valence-corrected chi connectivity index (χ1v) is 16.5. The Morgan fingerprint density at radius 1 is 0.653 bits per heavy atom. The number of guanidine groups is 3. The molecule has 0 amide bonds. The van der Waals surface area contributed by atoms with Gasteiger partial charge in [-0.3, -0.25) is 15.0 Å². The molecule has 0 saturated heterocycles. The topological polar surface area (TPSA) is 244 Å². The Labute approximate surface area is 291 Å². The van der Waals surface area contributed by atoms with E-state index >= 15 is 0 Å². The normalized spacial score (nSPS) is 10.4. The van der Waals surface area contributed by atoms with Crippen LogP contribution in [0.25, 0.3) is 21.0 Å². The molecule has 0 saturated carbocycles. The first kappa shape index (κ1) is 35.8. The van der Waals surface area contributed by atoms with Crippen LogP contribution in [-0.2, 0) is 25.7 Å². The summed E-state index contributed by atoms with van der Waals surface area (Å²) >= 11 is 1.62. The average Bonchev–Trinajstić information content (AvgIpc) is 3.54. The van der Waals surface area contributed by atoms with Gasteiger partial charge in [-0.05, 0) is 77.8 Å². The molecule has 0 radical (unpaired) electrons. The molecule has 254 valence electrons. The summed E-state index contributed by atoms with van der Waals surface area (Å²) in [6.07, 6.45) is 4.73. The van der Waals surface area contributed by atoms with Crippen molar-refractivity contribution in [1.29, 1.82) is 0 Å². The van der Waals surface area contributed by atoms with Crippen LogP contribution in [0.5, 0.6) is 0 Å². The van der Waals surface area contributed by atoms with E-state index in [4.69, 9.17) is 45.1 Å². The highest BCUT2D eigenvalue weighted by atomic mass is 32.1. The van der Waals surface area contributed by atoms with E-state index in [1.165, 1.54) is 0 Å². The van der Waals surface area contributed by atoms with Crippen molar-refractivity contribution in [3.63, 3.8) is 0 Å². The van der Waals surface area contributed by atoms with Crippen LogP contribution in [-0.4, -0.2) is 49.0 Å². The summed E-state index contributed by atoms with van der Waals surface area (Å²) in [6.45, 7) is 5.85. The molecule has 0 bridgehead atoms. The van der Waals surface area contributed by atoms with Gasteiger partial charge >= 0.3 is 0 Å². The fourth-order valence-corrected chi connectivity index (χ4v) is 5.94. The lowest BCUT2D eigenvalue weighted by molar-refractivity contribution is 0.780. The van der Waals surface area contributed by atoms with Crippen molar-refractivity contribution in [1.82, 2.24) is 10.3 Å². The molecular weight excluding hydrogens is 633 g/mol. The van der Waals surface area contributed by atoms with Gasteiger partial charge < -0.3 is 45.5 Å². The number of rotatable bonds is 15. The number of nitrogens with one attached hydrogen (secondary N) is 1. The fourth-order valence-electron chi connectivity index (χ4n) is 5.04. The number of aliphatic imine (C=N–C) groups is 3. The highest BCUT2D eigenvalue weighted by Crippen LogP contribution is 2.33. The molecule has 1 aromatic heterocycles. The van der Waals surface area contributed by atoms with Crippen LogP contribution in [0.15, 0.2) is 94.2 Å². The molecule has 0 fully saturated rings. The fraction of sp³-hybridized carbons (Fsp3) is 0.222. The molecule has 3 aromatic carbocycles. The lowest BCUT2D eigenvalue weighted by Gasteiger charge is -2.08. The van der Waals surface area contributed by atoms with Gasteiger partial charge in [-0.1, -0.05) is 54.8 Å². The number of nitrogens with two attached hydrogens (primary N) is 7. The Morgan fingerprint density at radius 2 is 1.18 bits per heavy atom. The Hall–Kier alpha value is -6.00. The second-order valence-corrected chi connectivity index (χ2v) is 12.3. The largest absolute Gasteiger partial charge is 0.386 e. The highest BCUT2D eigenvalue weighted by Gasteiger charge is 2.10. The summed E-state index contributed by atoms with van der Waals surface area (Å²) in [5.74, 6) is 7.34. The first-order valence-electron chi connectivity index (χ1n) is 15.7. The third kappa shape index (κ3) is 12.3. The summed E-state index contributed by atoms with van der Waals surface area (Å²) in [5.41, 5.74) is 47.1. The van der Waals surface area contributed by atoms with Crippen LogP contribution in [0.4, 0.5) is 0 Å². The van der Waals surface area contributed by atoms with Crippen molar-refractivity contribution >= 4 is 29.2 Å². The van der Waals surface area contributed by atoms with E-state index < -0.39 is 0 Å². The first-order chi connectivity index (χ1) is 23.5. The average molecular weight is 677 g/mol. The third-order valence-corrected chi connectivity index (χ3v) is 8.30. The van der Waals surface area contributed by atoms with Gasteiger partial charge in [0.1, 0.15) is 5.01 Å². The quantitative estimate of drug-likeness (QED) is 0.0520. The van der Waals surface area contributed by atoms with Crippen molar-refractivity contribution in [2.75, 3.05) is 26.2 Å². The zero-order valence-electron chi connectivity index (χ0n) is 27.5. The predicted octanol–water partition coefficient (Wildman–Crippen LogP) is 1.89. The summed E-state index contributed by atoms with van der Waals surface area (Å²) in [6, 6.07) is 20.8. The van der Waals surface area contributed by atoms with Crippen LogP contribution >= 0.6 is 11.3 Å². The van der Waals surface area contributed by atoms with Gasteiger partial charge in [0.05, 0.1) is 10.7 Å². The van der Waals surface area contributed by atoms with E-state index in [1.807, 2.05) is 24.4 Å². The van der Waals surface area contributed by atoms with Gasteiger partial charge in [0, 0.05) is 49.1 Å². The Balaban J connectivity index is 1.57. The maximum atomic E-state index is 5.68. The van der Waals surface area contributed by atoms with Crippen LogP contribution < -0.4 is 45.5 Å². The lowest BCUT2D eigenvalue weighted by Crippen LogP contribution is -2.23. The minimum atomic E-state index is 0.0729. The molecule has 0 unspecified atom stereocenters. The molecule has 4 aromatic rings. The van der Waals surface area contributed by atoms with Gasteiger partial charge in [-0.25, -0.2) is 4.98 Å². The van der Waals surface area contributed by atoms with Crippen LogP contribution in [0.2, 0.25) is 0 Å². The predicted molar refractivity (Wildman–Crippen MR) is 204 cm³/mol. The molecule has 15 N–H and O–H groups in total. The molecule has 49 heavy (non-hydrogen) atoms. The van der Waals surface area contributed by atoms with Gasteiger partial charge in [-0.2, -0.15) is 0 Å². The van der Waals surface area contributed by atoms with E-state index in [-0.39, 0.29) is 17.9 Å². The maximum absolute atomic E-state index is 5.68. The van der Waals surface area contributed by atoms with Crippen molar-refractivity contribution < 1.29 is 0 Å². The summed E-state index contributed by atoms with van der Waals surface area (Å²) in [5, 5.41) is 3.97. The molecule has 12 nitrogen and oxygen atoms in total. The summed E-state index contributed by atoms with van der Waals surface area (Å²) < 4.78 is 0. The third-order valence-electron chi connectivity index (χ3n) is 7.21. The van der Waals surface area contributed by atoms with E-state index in [0.717, 1.165) is 60.8 Å². The molecule has 0 spiro atoms. The number of hydrogen-bond donors (Lipinski definition) is 8.